The smallest absolute Gasteiger partial charge is 0.409 e. The van der Waals surface area contributed by atoms with Gasteiger partial charge < -0.3 is 9.67 Å². The summed E-state index contributed by atoms with van der Waals surface area (Å²) in [5.74, 6) is 0. The highest BCUT2D eigenvalue weighted by Gasteiger charge is 2.15. The number of halogens is 1. The summed E-state index contributed by atoms with van der Waals surface area (Å²) in [7, 11) is -2.41. The van der Waals surface area contributed by atoms with Crippen LogP contribution in [0.25, 0.3) is 0 Å². The molecule has 4 nitrogen and oxygen atoms in total. The first kappa shape index (κ1) is 12.3. The first-order chi connectivity index (χ1) is 6.80. The highest BCUT2D eigenvalue weighted by atomic mass is 79.9. The van der Waals surface area contributed by atoms with Gasteiger partial charge in [-0.1, -0.05) is 15.9 Å². The van der Waals surface area contributed by atoms with Crippen molar-refractivity contribution in [3.63, 3.8) is 0 Å². The van der Waals surface area contributed by atoms with Gasteiger partial charge in [-0.05, 0) is 31.5 Å². The van der Waals surface area contributed by atoms with Crippen LogP contribution in [0.15, 0.2) is 22.7 Å². The molecule has 15 heavy (non-hydrogen) atoms. The molecule has 1 aromatic carbocycles. The van der Waals surface area contributed by atoms with E-state index in [1.54, 1.807) is 31.5 Å². The maximum atomic E-state index is 11.9. The molecule has 0 heterocycles. The van der Waals surface area contributed by atoms with Gasteiger partial charge in [-0.2, -0.15) is 0 Å². The summed E-state index contributed by atoms with van der Waals surface area (Å²) >= 11 is 3.29. The van der Waals surface area contributed by atoms with Crippen molar-refractivity contribution in [1.82, 2.24) is 0 Å². The average molecular weight is 292 g/mol. The maximum Gasteiger partial charge on any atom is 0.409 e. The Labute approximate surface area is 96.2 Å². The van der Waals surface area contributed by atoms with Crippen LogP contribution in [-0.4, -0.2) is 24.5 Å². The molecule has 0 aliphatic rings. The summed E-state index contributed by atoms with van der Waals surface area (Å²) in [6.07, 6.45) is -1.13. The van der Waals surface area contributed by atoms with Gasteiger partial charge in [0.05, 0.1) is 0 Å². The molecule has 0 aromatic heterocycles. The lowest BCUT2D eigenvalue weighted by Gasteiger charge is -2.11. The van der Waals surface area contributed by atoms with Gasteiger partial charge in [0, 0.05) is 15.5 Å². The summed E-state index contributed by atoms with van der Waals surface area (Å²) in [4.78, 5) is 10.4. The lowest BCUT2D eigenvalue weighted by atomic mass is 10.3. The van der Waals surface area contributed by atoms with Gasteiger partial charge in [0.25, 0.3) is 0 Å². The molecule has 1 rings (SSSR count). The molecular weight excluding hydrogens is 281 g/mol. The SMILES string of the molecule is CP(C)(=O)c1cc(NC(=O)O)ccc1Br. The van der Waals surface area contributed by atoms with Crippen LogP contribution < -0.4 is 10.6 Å². The molecule has 82 valence electrons. The number of amides is 1. The molecule has 0 saturated carbocycles. The molecule has 0 aliphatic heterocycles. The van der Waals surface area contributed by atoms with Crippen molar-refractivity contribution in [3.8, 4) is 0 Å². The van der Waals surface area contributed by atoms with Gasteiger partial charge in [-0.3, -0.25) is 5.32 Å². The number of anilines is 1. The number of benzene rings is 1. The van der Waals surface area contributed by atoms with Gasteiger partial charge in [-0.15, -0.1) is 0 Å². The van der Waals surface area contributed by atoms with Gasteiger partial charge in [0.1, 0.15) is 7.14 Å². The third kappa shape index (κ3) is 3.36. The van der Waals surface area contributed by atoms with E-state index in [2.05, 4.69) is 21.2 Å². The second kappa shape index (κ2) is 4.37. The predicted molar refractivity (Wildman–Crippen MR) is 64.9 cm³/mol. The van der Waals surface area contributed by atoms with Crippen molar-refractivity contribution in [2.24, 2.45) is 0 Å². The molecule has 2 N–H and O–H groups in total. The summed E-state index contributed by atoms with van der Waals surface area (Å²) in [6, 6.07) is 4.87. The minimum atomic E-state index is -2.41. The molecule has 6 heteroatoms. The van der Waals surface area contributed by atoms with Crippen LogP contribution in [0.5, 0.6) is 0 Å². The van der Waals surface area contributed by atoms with E-state index in [0.29, 0.717) is 11.0 Å². The Morgan fingerprint density at radius 1 is 1.47 bits per heavy atom. The number of hydrogen-bond acceptors (Lipinski definition) is 2. The van der Waals surface area contributed by atoms with E-state index in [-0.39, 0.29) is 0 Å². The van der Waals surface area contributed by atoms with Crippen LogP contribution in [0, 0.1) is 0 Å². The monoisotopic (exact) mass is 291 g/mol. The molecule has 0 atom stereocenters. The number of rotatable bonds is 2. The van der Waals surface area contributed by atoms with Crippen molar-refractivity contribution in [3.05, 3.63) is 22.7 Å². The fourth-order valence-corrected chi connectivity index (χ4v) is 3.69. The second-order valence-electron chi connectivity index (χ2n) is 3.45. The Bertz CT molecular complexity index is 441. The zero-order chi connectivity index (χ0) is 11.6. The number of carbonyl (C=O) groups is 1. The third-order valence-corrected chi connectivity index (χ3v) is 4.31. The third-order valence-electron chi connectivity index (χ3n) is 1.78. The Hall–Kier alpha value is -0.800. The fourth-order valence-electron chi connectivity index (χ4n) is 1.13. The predicted octanol–water partition coefficient (Wildman–Crippen LogP) is 2.79. The highest BCUT2D eigenvalue weighted by molar-refractivity contribution is 9.10. The Morgan fingerprint density at radius 3 is 2.53 bits per heavy atom. The molecule has 0 radical (unpaired) electrons. The largest absolute Gasteiger partial charge is 0.465 e. The summed E-state index contributed by atoms with van der Waals surface area (Å²) < 4.78 is 12.6. The lowest BCUT2D eigenvalue weighted by molar-refractivity contribution is 0.210. The Kier molecular flexibility index (Phi) is 3.58. The summed E-state index contributed by atoms with van der Waals surface area (Å²) in [6.45, 7) is 3.27. The van der Waals surface area contributed by atoms with E-state index < -0.39 is 13.2 Å². The average Bonchev–Trinajstić information content (AvgIpc) is 2.05. The fraction of sp³-hybridized carbons (Fsp3) is 0.222. The Morgan fingerprint density at radius 2 is 2.07 bits per heavy atom. The quantitative estimate of drug-likeness (QED) is 0.824. The van der Waals surface area contributed by atoms with Gasteiger partial charge in [-0.25, -0.2) is 4.79 Å². The van der Waals surface area contributed by atoms with Gasteiger partial charge in [0.15, 0.2) is 0 Å². The zero-order valence-corrected chi connectivity index (χ0v) is 10.8. The van der Waals surface area contributed by atoms with Gasteiger partial charge in [0.2, 0.25) is 0 Å². The molecule has 0 spiro atoms. The van der Waals surface area contributed by atoms with E-state index in [1.807, 2.05) is 0 Å². The van der Waals surface area contributed by atoms with E-state index in [0.717, 1.165) is 4.47 Å². The van der Waals surface area contributed by atoms with Crippen LogP contribution in [0.3, 0.4) is 0 Å². The van der Waals surface area contributed by atoms with Crippen LogP contribution in [0.2, 0.25) is 0 Å². The van der Waals surface area contributed by atoms with Crippen LogP contribution >= 0.6 is 23.1 Å². The van der Waals surface area contributed by atoms with Crippen molar-refractivity contribution in [2.75, 3.05) is 18.6 Å². The molecule has 0 bridgehead atoms. The number of nitrogens with one attached hydrogen (secondary N) is 1. The van der Waals surface area contributed by atoms with Crippen LogP contribution in [0.1, 0.15) is 0 Å². The molecule has 0 saturated heterocycles. The first-order valence-corrected chi connectivity index (χ1v) is 7.55. The number of hydrogen-bond donors (Lipinski definition) is 2. The zero-order valence-electron chi connectivity index (χ0n) is 8.32. The van der Waals surface area contributed by atoms with Crippen molar-refractivity contribution < 1.29 is 14.5 Å². The molecule has 0 fully saturated rings. The lowest BCUT2D eigenvalue weighted by Crippen LogP contribution is -2.11. The minimum absolute atomic E-state index is 0.421. The van der Waals surface area contributed by atoms with E-state index in [4.69, 9.17) is 5.11 Å². The molecule has 0 aliphatic carbocycles. The standard InChI is InChI=1S/C9H11BrNO3P/c1-15(2,14)8-5-6(11-9(12)13)3-4-7(8)10/h3-5,11H,1-2H3,(H,12,13). The van der Waals surface area contributed by atoms with Crippen LogP contribution in [0.4, 0.5) is 10.5 Å². The van der Waals surface area contributed by atoms with E-state index in [1.165, 1.54) is 0 Å². The van der Waals surface area contributed by atoms with Crippen molar-refractivity contribution in [1.29, 1.82) is 0 Å². The van der Waals surface area contributed by atoms with Crippen LogP contribution in [-0.2, 0) is 4.57 Å². The topological polar surface area (TPSA) is 66.4 Å². The van der Waals surface area contributed by atoms with Gasteiger partial charge >= 0.3 is 6.09 Å². The normalized spacial score (nSPS) is 11.1. The highest BCUT2D eigenvalue weighted by Crippen LogP contribution is 2.38. The molecule has 1 amide bonds. The number of carboxylic acid groups (broad SMARTS) is 1. The summed E-state index contributed by atoms with van der Waals surface area (Å²) in [5.41, 5.74) is 0.421. The maximum absolute atomic E-state index is 11.9. The van der Waals surface area contributed by atoms with Crippen molar-refractivity contribution >= 4 is 40.2 Å². The van der Waals surface area contributed by atoms with E-state index in [9.17, 15) is 9.36 Å². The second-order valence-corrected chi connectivity index (χ2v) is 7.49. The van der Waals surface area contributed by atoms with E-state index >= 15 is 0 Å². The molecular formula is C9H11BrNO3P. The van der Waals surface area contributed by atoms with Crippen molar-refractivity contribution in [2.45, 2.75) is 0 Å². The summed E-state index contributed by atoms with van der Waals surface area (Å²) in [5, 5.41) is 11.4. The minimum Gasteiger partial charge on any atom is -0.465 e. The first-order valence-electron chi connectivity index (χ1n) is 4.16. The Balaban J connectivity index is 3.17. The molecule has 1 aromatic rings. The molecule has 0 unspecified atom stereocenters.